The molecule has 0 aliphatic carbocycles. The Bertz CT molecular complexity index is 2190. The normalized spacial score (nSPS) is 14.4. The van der Waals surface area contributed by atoms with Crippen molar-refractivity contribution >= 4 is 39.5 Å². The molecule has 0 fully saturated rings. The fraction of sp³-hybridized carbons (Fsp3) is 0.772. The summed E-state index contributed by atoms with van der Waals surface area (Å²) < 4.78 is 68.5. The molecule has 0 bridgehead atoms. The number of hydrogen-bond donors (Lipinski definition) is 3. The molecule has 0 aromatic rings. The minimum Gasteiger partial charge on any atom is -0.462 e. The fourth-order valence-electron chi connectivity index (χ4n) is 10.4. The standard InChI is InChI=1S/C79H140O17P2/c1-5-9-13-17-21-25-29-33-36-40-43-47-51-55-59-63-76(81)89-69-74(95-78(83)65-61-57-53-49-45-39-32-28-24-20-16-12-8-4)71-93-97(85,86)91-67-73(80)68-92-98(87,88)94-72-75(96-79(84)66-62-58-54-50-46-42-38-35-31-27-23-19-15-11-7-3)70-90-77(82)64-60-56-52-48-44-41-37-34-30-26-22-18-14-10-6-2/h9,13,21-22,25-26,28,32-38,73-75,80H,5-8,10-12,14-20,23-24,27,29-31,39-72H2,1-4H3,(H,85,86)(H,87,88)/b13-9-,25-21-,26-22-,32-28-,36-33-,37-34-,38-35-. The van der Waals surface area contributed by atoms with E-state index in [2.05, 4.69) is 113 Å². The smallest absolute Gasteiger partial charge is 0.462 e. The average Bonchev–Trinajstić information content (AvgIpc) is 0.959. The zero-order chi connectivity index (χ0) is 71.8. The first-order valence-corrected chi connectivity index (χ1v) is 41.8. The molecule has 0 radical (unpaired) electrons. The van der Waals surface area contributed by atoms with Crippen molar-refractivity contribution in [1.82, 2.24) is 0 Å². The van der Waals surface area contributed by atoms with Crippen molar-refractivity contribution < 1.29 is 80.2 Å². The molecule has 0 rings (SSSR count). The number of hydrogen-bond acceptors (Lipinski definition) is 15. The molecule has 0 aromatic heterocycles. The second-order valence-corrected chi connectivity index (χ2v) is 28.8. The Kier molecular flexibility index (Phi) is 68.9. The maximum absolute atomic E-state index is 13.1. The highest BCUT2D eigenvalue weighted by molar-refractivity contribution is 7.47. The molecule has 19 heteroatoms. The maximum Gasteiger partial charge on any atom is 0.472 e. The van der Waals surface area contributed by atoms with Crippen LogP contribution in [0.3, 0.4) is 0 Å². The van der Waals surface area contributed by atoms with Crippen LogP contribution in [0.2, 0.25) is 0 Å². The van der Waals surface area contributed by atoms with Crippen LogP contribution in [-0.2, 0) is 65.4 Å². The van der Waals surface area contributed by atoms with Gasteiger partial charge in [-0.1, -0.05) is 254 Å². The summed E-state index contributed by atoms with van der Waals surface area (Å²) in [6.07, 6.45) is 72.8. The van der Waals surface area contributed by atoms with Gasteiger partial charge in [0, 0.05) is 25.7 Å². The predicted molar refractivity (Wildman–Crippen MR) is 399 cm³/mol. The molecular formula is C79H140O17P2. The molecule has 568 valence electrons. The topological polar surface area (TPSA) is 237 Å². The van der Waals surface area contributed by atoms with Crippen LogP contribution in [0.15, 0.2) is 85.1 Å². The Labute approximate surface area is 595 Å². The highest BCUT2D eigenvalue weighted by atomic mass is 31.2. The molecule has 0 heterocycles. The van der Waals surface area contributed by atoms with Crippen LogP contribution in [0, 0.1) is 0 Å². The first-order chi connectivity index (χ1) is 47.7. The number of ether oxygens (including phenoxy) is 4. The van der Waals surface area contributed by atoms with Crippen LogP contribution in [0.5, 0.6) is 0 Å². The minimum absolute atomic E-state index is 0.0817. The Morgan fingerprint density at radius 3 is 0.857 bits per heavy atom. The molecule has 0 aromatic carbocycles. The van der Waals surface area contributed by atoms with Gasteiger partial charge >= 0.3 is 39.5 Å². The Balaban J connectivity index is 5.36. The van der Waals surface area contributed by atoms with Crippen LogP contribution in [0.4, 0.5) is 0 Å². The molecule has 3 N–H and O–H groups in total. The van der Waals surface area contributed by atoms with Gasteiger partial charge in [0.05, 0.1) is 26.4 Å². The van der Waals surface area contributed by atoms with E-state index < -0.39 is 97.5 Å². The lowest BCUT2D eigenvalue weighted by molar-refractivity contribution is -0.161. The van der Waals surface area contributed by atoms with Gasteiger partial charge in [0.15, 0.2) is 12.2 Å². The molecule has 5 atom stereocenters. The van der Waals surface area contributed by atoms with Crippen molar-refractivity contribution in [1.29, 1.82) is 0 Å². The summed E-state index contributed by atoms with van der Waals surface area (Å²) in [6.45, 7) is 4.70. The number of phosphoric ester groups is 2. The molecular weight excluding hydrogens is 1280 g/mol. The van der Waals surface area contributed by atoms with Crippen LogP contribution < -0.4 is 0 Å². The van der Waals surface area contributed by atoms with Crippen molar-refractivity contribution in [3.05, 3.63) is 85.1 Å². The van der Waals surface area contributed by atoms with Gasteiger partial charge < -0.3 is 33.8 Å². The average molecular weight is 1420 g/mol. The maximum atomic E-state index is 13.1. The number of esters is 4. The zero-order valence-electron chi connectivity index (χ0n) is 62.0. The number of carbonyl (C=O) groups excluding carboxylic acids is 4. The minimum atomic E-state index is -4.98. The van der Waals surface area contributed by atoms with E-state index in [1.807, 2.05) is 0 Å². The van der Waals surface area contributed by atoms with Crippen LogP contribution in [-0.4, -0.2) is 96.7 Å². The number of allylic oxidation sites excluding steroid dienone is 14. The number of aliphatic hydroxyl groups is 1. The summed E-state index contributed by atoms with van der Waals surface area (Å²) in [5.41, 5.74) is 0. The summed E-state index contributed by atoms with van der Waals surface area (Å²) in [5, 5.41) is 10.6. The van der Waals surface area contributed by atoms with Gasteiger partial charge in [-0.15, -0.1) is 0 Å². The molecule has 0 aliphatic heterocycles. The summed E-state index contributed by atoms with van der Waals surface area (Å²) in [6, 6.07) is 0. The second kappa shape index (κ2) is 71.6. The monoisotopic (exact) mass is 1420 g/mol. The van der Waals surface area contributed by atoms with Crippen LogP contribution >= 0.6 is 15.6 Å². The molecule has 0 spiro atoms. The molecule has 0 aliphatic rings. The number of phosphoric acid groups is 2. The molecule has 0 saturated heterocycles. The van der Waals surface area contributed by atoms with Crippen molar-refractivity contribution in [3.63, 3.8) is 0 Å². The van der Waals surface area contributed by atoms with Crippen LogP contribution in [0.1, 0.15) is 336 Å². The van der Waals surface area contributed by atoms with E-state index in [1.165, 1.54) is 83.5 Å². The first-order valence-electron chi connectivity index (χ1n) is 38.8. The van der Waals surface area contributed by atoms with Crippen molar-refractivity contribution in [2.75, 3.05) is 39.6 Å². The van der Waals surface area contributed by atoms with Gasteiger partial charge in [-0.05, 0) is 141 Å². The highest BCUT2D eigenvalue weighted by Crippen LogP contribution is 2.45. The second-order valence-electron chi connectivity index (χ2n) is 25.9. The van der Waals surface area contributed by atoms with Crippen LogP contribution in [0.25, 0.3) is 0 Å². The lowest BCUT2D eigenvalue weighted by Gasteiger charge is -2.21. The summed E-state index contributed by atoms with van der Waals surface area (Å²) >= 11 is 0. The van der Waals surface area contributed by atoms with E-state index in [-0.39, 0.29) is 25.7 Å². The number of unbranched alkanes of at least 4 members (excludes halogenated alkanes) is 33. The van der Waals surface area contributed by atoms with Gasteiger partial charge in [0.2, 0.25) is 0 Å². The Morgan fingerprint density at radius 1 is 0.296 bits per heavy atom. The summed E-state index contributed by atoms with van der Waals surface area (Å²) in [4.78, 5) is 72.9. The molecule has 17 nitrogen and oxygen atoms in total. The lowest BCUT2D eigenvalue weighted by atomic mass is 10.1. The third kappa shape index (κ3) is 70.7. The SMILES string of the molecule is CC/C=C\C/C=C\C/C=C\CCCCCCCC(=O)OCC(COP(=O)(O)OCC(O)COP(=O)(O)OCC(COC(=O)CCCCCCC/C=C\C/C=C\CCCCC)OC(=O)CCCCCCC/C=C\CCCCCCCC)OC(=O)CCCCCCC/C=C\CCCCCC. The molecule has 98 heavy (non-hydrogen) atoms. The van der Waals surface area contributed by atoms with Gasteiger partial charge in [0.1, 0.15) is 19.3 Å². The van der Waals surface area contributed by atoms with E-state index in [0.29, 0.717) is 25.7 Å². The Hall–Kier alpha value is -3.76. The number of rotatable bonds is 73. The molecule has 0 saturated carbocycles. The zero-order valence-corrected chi connectivity index (χ0v) is 63.7. The van der Waals surface area contributed by atoms with Gasteiger partial charge in [-0.25, -0.2) is 9.13 Å². The summed E-state index contributed by atoms with van der Waals surface area (Å²) in [5.74, 6) is -2.21. The van der Waals surface area contributed by atoms with Gasteiger partial charge in [-0.2, -0.15) is 0 Å². The van der Waals surface area contributed by atoms with E-state index in [1.54, 1.807) is 0 Å². The first kappa shape index (κ1) is 94.2. The lowest BCUT2D eigenvalue weighted by Crippen LogP contribution is -2.30. The fourth-order valence-corrected chi connectivity index (χ4v) is 12.0. The highest BCUT2D eigenvalue weighted by Gasteiger charge is 2.30. The third-order valence-electron chi connectivity index (χ3n) is 16.3. The molecule has 0 amide bonds. The van der Waals surface area contributed by atoms with E-state index in [0.717, 1.165) is 173 Å². The van der Waals surface area contributed by atoms with Crippen molar-refractivity contribution in [3.8, 4) is 0 Å². The van der Waals surface area contributed by atoms with Crippen molar-refractivity contribution in [2.45, 2.75) is 354 Å². The number of aliphatic hydroxyl groups excluding tert-OH is 1. The van der Waals surface area contributed by atoms with Gasteiger partial charge in [0.25, 0.3) is 0 Å². The quantitative estimate of drug-likeness (QED) is 0.0169. The van der Waals surface area contributed by atoms with E-state index in [9.17, 15) is 43.2 Å². The third-order valence-corrected chi connectivity index (χ3v) is 18.2. The number of carbonyl (C=O) groups is 4. The van der Waals surface area contributed by atoms with E-state index >= 15 is 0 Å². The largest absolute Gasteiger partial charge is 0.472 e. The van der Waals surface area contributed by atoms with Gasteiger partial charge in [-0.3, -0.25) is 37.3 Å². The Morgan fingerprint density at radius 2 is 0.531 bits per heavy atom. The van der Waals surface area contributed by atoms with E-state index in [4.69, 9.17) is 37.0 Å². The predicted octanol–water partition coefficient (Wildman–Crippen LogP) is 22.2. The van der Waals surface area contributed by atoms with Crippen molar-refractivity contribution in [2.24, 2.45) is 0 Å². The summed E-state index contributed by atoms with van der Waals surface area (Å²) in [7, 11) is -9.95. The molecule has 5 unspecified atom stereocenters.